The fourth-order valence-corrected chi connectivity index (χ4v) is 1.89. The molecule has 0 unspecified atom stereocenters. The molecular formula is C8H12N4O3. The Morgan fingerprint density at radius 2 is 2.20 bits per heavy atom. The molecular weight excluding hydrogens is 200 g/mol. The van der Waals surface area contributed by atoms with Crippen LogP contribution in [0.5, 0.6) is 0 Å². The van der Waals surface area contributed by atoms with Crippen LogP contribution in [0.2, 0.25) is 0 Å². The van der Waals surface area contributed by atoms with Gasteiger partial charge in [0.05, 0.1) is 0 Å². The Morgan fingerprint density at radius 1 is 1.53 bits per heavy atom. The Kier molecular flexibility index (Phi) is 2.39. The molecule has 7 nitrogen and oxygen atoms in total. The summed E-state index contributed by atoms with van der Waals surface area (Å²) in [7, 11) is 1.65. The number of nitrogens with zero attached hydrogens (tertiary/aromatic N) is 4. The van der Waals surface area contributed by atoms with E-state index in [9.17, 15) is 9.90 Å². The second-order valence-corrected chi connectivity index (χ2v) is 3.63. The maximum atomic E-state index is 11.4. The van der Waals surface area contributed by atoms with Gasteiger partial charge < -0.3 is 9.84 Å². The van der Waals surface area contributed by atoms with Gasteiger partial charge in [-0.25, -0.2) is 4.68 Å². The number of aromatic nitrogens is 4. The highest BCUT2D eigenvalue weighted by atomic mass is 16.5. The average molecular weight is 212 g/mol. The molecule has 15 heavy (non-hydrogen) atoms. The van der Waals surface area contributed by atoms with Crippen molar-refractivity contribution in [3.8, 4) is 0 Å². The number of carboxylic acid groups (broad SMARTS) is 1. The molecule has 0 amide bonds. The number of ether oxygens (including phenoxy) is 1. The van der Waals surface area contributed by atoms with Gasteiger partial charge in [0, 0.05) is 20.3 Å². The molecule has 0 aliphatic carbocycles. The highest BCUT2D eigenvalue weighted by molar-refractivity contribution is 5.80. The molecule has 0 aromatic carbocycles. The Labute approximate surface area is 86.0 Å². The van der Waals surface area contributed by atoms with Crippen molar-refractivity contribution >= 4 is 5.97 Å². The predicted octanol–water partition coefficient (Wildman–Crippen LogP) is -0.657. The minimum atomic E-state index is -0.990. The zero-order valence-corrected chi connectivity index (χ0v) is 8.38. The van der Waals surface area contributed by atoms with E-state index in [0.717, 1.165) is 0 Å². The first-order chi connectivity index (χ1) is 7.17. The van der Waals surface area contributed by atoms with Crippen molar-refractivity contribution < 1.29 is 14.6 Å². The smallest absolute Gasteiger partial charge is 0.317 e. The third-order valence-corrected chi connectivity index (χ3v) is 2.80. The second kappa shape index (κ2) is 3.58. The topological polar surface area (TPSA) is 90.1 Å². The maximum absolute atomic E-state index is 11.4. The lowest BCUT2D eigenvalue weighted by molar-refractivity contribution is -0.148. The molecule has 1 fully saturated rings. The number of tetrazole rings is 1. The molecule has 1 saturated heterocycles. The summed E-state index contributed by atoms with van der Waals surface area (Å²) in [6, 6.07) is 0. The van der Waals surface area contributed by atoms with Gasteiger partial charge in [-0.1, -0.05) is 0 Å². The second-order valence-electron chi connectivity index (χ2n) is 3.63. The standard InChI is InChI=1S/C8H12N4O3/c1-12-6(9-10-11-12)8(7(13)14)2-4-15-5-3-8/h2-5H2,1H3,(H,13,14). The zero-order chi connectivity index (χ0) is 10.9. The van der Waals surface area contributed by atoms with Gasteiger partial charge in [-0.05, 0) is 23.3 Å². The van der Waals surface area contributed by atoms with Gasteiger partial charge in [0.15, 0.2) is 5.82 Å². The Bertz CT molecular complexity index is 370. The number of hydrogen-bond acceptors (Lipinski definition) is 5. The van der Waals surface area contributed by atoms with Crippen LogP contribution in [-0.4, -0.2) is 44.5 Å². The maximum Gasteiger partial charge on any atom is 0.317 e. The molecule has 1 N–H and O–H groups in total. The third-order valence-electron chi connectivity index (χ3n) is 2.80. The summed E-state index contributed by atoms with van der Waals surface area (Å²) in [4.78, 5) is 11.4. The van der Waals surface area contributed by atoms with Gasteiger partial charge in [0.2, 0.25) is 0 Å². The van der Waals surface area contributed by atoms with E-state index in [1.165, 1.54) is 4.68 Å². The molecule has 1 aromatic heterocycles. The number of hydrogen-bond donors (Lipinski definition) is 1. The molecule has 2 rings (SSSR count). The Balaban J connectivity index is 2.42. The van der Waals surface area contributed by atoms with Crippen molar-refractivity contribution in [2.45, 2.75) is 18.3 Å². The average Bonchev–Trinajstić information content (AvgIpc) is 2.66. The number of aliphatic carboxylic acids is 1. The molecule has 0 bridgehead atoms. The van der Waals surface area contributed by atoms with Crippen molar-refractivity contribution in [2.24, 2.45) is 7.05 Å². The first kappa shape index (κ1) is 10.0. The van der Waals surface area contributed by atoms with Crippen LogP contribution in [0, 0.1) is 0 Å². The molecule has 7 heteroatoms. The van der Waals surface area contributed by atoms with Crippen molar-refractivity contribution in [1.29, 1.82) is 0 Å². The fourth-order valence-electron chi connectivity index (χ4n) is 1.89. The zero-order valence-electron chi connectivity index (χ0n) is 8.38. The van der Waals surface area contributed by atoms with Crippen molar-refractivity contribution in [3.05, 3.63) is 5.82 Å². The van der Waals surface area contributed by atoms with Gasteiger partial charge in [-0.2, -0.15) is 0 Å². The van der Waals surface area contributed by atoms with Crippen LogP contribution >= 0.6 is 0 Å². The lowest BCUT2D eigenvalue weighted by atomic mass is 9.79. The van der Waals surface area contributed by atoms with Crippen LogP contribution in [0.15, 0.2) is 0 Å². The van der Waals surface area contributed by atoms with Gasteiger partial charge >= 0.3 is 5.97 Å². The fraction of sp³-hybridized carbons (Fsp3) is 0.750. The minimum Gasteiger partial charge on any atom is -0.480 e. The van der Waals surface area contributed by atoms with Gasteiger partial charge in [-0.3, -0.25) is 4.79 Å². The number of carbonyl (C=O) groups is 1. The Morgan fingerprint density at radius 3 is 2.67 bits per heavy atom. The quantitative estimate of drug-likeness (QED) is 0.700. The summed E-state index contributed by atoms with van der Waals surface area (Å²) in [5.74, 6) is -0.484. The van der Waals surface area contributed by atoms with Crippen LogP contribution in [0.1, 0.15) is 18.7 Å². The molecule has 2 heterocycles. The van der Waals surface area contributed by atoms with Gasteiger partial charge in [-0.15, -0.1) is 5.10 Å². The SMILES string of the molecule is Cn1nnnc1C1(C(=O)O)CCOCC1. The largest absolute Gasteiger partial charge is 0.480 e. The molecule has 1 aliphatic heterocycles. The van der Waals surface area contributed by atoms with Crippen molar-refractivity contribution in [1.82, 2.24) is 20.2 Å². The van der Waals surface area contributed by atoms with E-state index in [2.05, 4.69) is 15.5 Å². The van der Waals surface area contributed by atoms with E-state index in [4.69, 9.17) is 4.74 Å². The normalized spacial score (nSPS) is 20.1. The van der Waals surface area contributed by atoms with Crippen LogP contribution in [-0.2, 0) is 22.0 Å². The van der Waals surface area contributed by atoms with Crippen LogP contribution in [0.25, 0.3) is 0 Å². The number of aryl methyl sites for hydroxylation is 1. The van der Waals surface area contributed by atoms with E-state index < -0.39 is 11.4 Å². The number of carboxylic acids is 1. The highest BCUT2D eigenvalue weighted by Gasteiger charge is 2.46. The van der Waals surface area contributed by atoms with E-state index >= 15 is 0 Å². The molecule has 1 aliphatic rings. The number of rotatable bonds is 2. The highest BCUT2D eigenvalue weighted by Crippen LogP contribution is 2.33. The van der Waals surface area contributed by atoms with E-state index in [-0.39, 0.29) is 0 Å². The van der Waals surface area contributed by atoms with Crippen LogP contribution < -0.4 is 0 Å². The van der Waals surface area contributed by atoms with Gasteiger partial charge in [0.25, 0.3) is 0 Å². The van der Waals surface area contributed by atoms with E-state index in [1.807, 2.05) is 0 Å². The first-order valence-electron chi connectivity index (χ1n) is 4.71. The summed E-state index contributed by atoms with van der Waals surface area (Å²) >= 11 is 0. The first-order valence-corrected chi connectivity index (χ1v) is 4.71. The summed E-state index contributed by atoms with van der Waals surface area (Å²) in [6.45, 7) is 0.859. The Hall–Kier alpha value is -1.50. The van der Waals surface area contributed by atoms with Crippen molar-refractivity contribution in [3.63, 3.8) is 0 Å². The summed E-state index contributed by atoms with van der Waals surface area (Å²) in [5, 5.41) is 20.3. The van der Waals surface area contributed by atoms with Crippen LogP contribution in [0.4, 0.5) is 0 Å². The lowest BCUT2D eigenvalue weighted by Gasteiger charge is -2.31. The lowest BCUT2D eigenvalue weighted by Crippen LogP contribution is -2.43. The molecule has 0 atom stereocenters. The molecule has 82 valence electrons. The summed E-state index contributed by atoms with van der Waals surface area (Å²) in [6.07, 6.45) is 0.826. The van der Waals surface area contributed by atoms with E-state index in [1.54, 1.807) is 7.05 Å². The van der Waals surface area contributed by atoms with Crippen LogP contribution in [0.3, 0.4) is 0 Å². The molecule has 0 saturated carbocycles. The van der Waals surface area contributed by atoms with E-state index in [0.29, 0.717) is 31.9 Å². The minimum absolute atomic E-state index is 0.401. The summed E-state index contributed by atoms with van der Waals surface area (Å²) in [5.41, 5.74) is -0.990. The third kappa shape index (κ3) is 1.48. The van der Waals surface area contributed by atoms with Gasteiger partial charge in [0.1, 0.15) is 5.41 Å². The molecule has 0 radical (unpaired) electrons. The van der Waals surface area contributed by atoms with Crippen molar-refractivity contribution in [2.75, 3.05) is 13.2 Å². The molecule has 0 spiro atoms. The molecule has 1 aromatic rings. The predicted molar refractivity (Wildman–Crippen MR) is 48.2 cm³/mol. The monoisotopic (exact) mass is 212 g/mol. The summed E-state index contributed by atoms with van der Waals surface area (Å²) < 4.78 is 6.59.